The van der Waals surface area contributed by atoms with Crippen LogP contribution >= 0.6 is 0 Å². The molecule has 3 nitrogen and oxygen atoms in total. The van der Waals surface area contributed by atoms with E-state index in [0.717, 1.165) is 62.0 Å². The number of ether oxygens (including phenoxy) is 2. The smallest absolute Gasteiger partial charge is 0.311 e. The highest BCUT2D eigenvalue weighted by molar-refractivity contribution is 5.73. The van der Waals surface area contributed by atoms with Crippen molar-refractivity contribution in [2.75, 3.05) is 6.61 Å². The Labute approximate surface area is 194 Å². The lowest BCUT2D eigenvalue weighted by Gasteiger charge is -2.08. The van der Waals surface area contributed by atoms with Gasteiger partial charge in [-0.25, -0.2) is 0 Å². The van der Waals surface area contributed by atoms with Gasteiger partial charge in [0.15, 0.2) is 0 Å². The summed E-state index contributed by atoms with van der Waals surface area (Å²) in [5.41, 5.74) is 2.20. The molecule has 0 aliphatic heterocycles. The largest absolute Gasteiger partial charge is 0.494 e. The highest BCUT2D eigenvalue weighted by Gasteiger charge is 2.06. The van der Waals surface area contributed by atoms with Crippen LogP contribution in [0.15, 0.2) is 48.5 Å². The second-order valence-electron chi connectivity index (χ2n) is 8.26. The van der Waals surface area contributed by atoms with Gasteiger partial charge in [-0.3, -0.25) is 4.79 Å². The Morgan fingerprint density at radius 1 is 0.750 bits per heavy atom. The van der Waals surface area contributed by atoms with Gasteiger partial charge in [-0.2, -0.15) is 0 Å². The highest BCUT2D eigenvalue weighted by Crippen LogP contribution is 2.25. The molecule has 32 heavy (non-hydrogen) atoms. The number of esters is 1. The van der Waals surface area contributed by atoms with Gasteiger partial charge >= 0.3 is 5.97 Å². The molecular weight excluding hydrogens is 396 g/mol. The number of hydrogen-bond donors (Lipinski definition) is 0. The van der Waals surface area contributed by atoms with Crippen molar-refractivity contribution in [2.45, 2.75) is 84.0 Å². The summed E-state index contributed by atoms with van der Waals surface area (Å²) >= 11 is 0. The number of rotatable bonds is 16. The molecule has 0 N–H and O–H groups in total. The monoisotopic (exact) mass is 434 g/mol. The molecule has 0 spiro atoms. The van der Waals surface area contributed by atoms with Crippen molar-refractivity contribution in [3.63, 3.8) is 0 Å². The van der Waals surface area contributed by atoms with E-state index in [1.807, 2.05) is 36.4 Å². The molecule has 0 radical (unpaired) electrons. The van der Waals surface area contributed by atoms with Crippen LogP contribution in [0.5, 0.6) is 11.5 Å². The first-order chi connectivity index (χ1) is 15.7. The molecule has 0 aliphatic carbocycles. The number of carbonyl (C=O) groups excluding carboxylic acids is 1. The fourth-order valence-electron chi connectivity index (χ4n) is 3.56. The molecule has 0 aromatic heterocycles. The predicted molar refractivity (Wildman–Crippen MR) is 133 cm³/mol. The summed E-state index contributed by atoms with van der Waals surface area (Å²) in [4.78, 5) is 12.1. The minimum absolute atomic E-state index is 0.162. The van der Waals surface area contributed by atoms with Gasteiger partial charge in [0.25, 0.3) is 0 Å². The molecule has 0 unspecified atom stereocenters. The molecule has 2 rings (SSSR count). The first kappa shape index (κ1) is 25.5. The fraction of sp³-hybridized carbons (Fsp3) is 0.483. The molecule has 3 heteroatoms. The zero-order chi connectivity index (χ0) is 22.9. The topological polar surface area (TPSA) is 35.5 Å². The van der Waals surface area contributed by atoms with E-state index in [4.69, 9.17) is 15.9 Å². The second kappa shape index (κ2) is 16.0. The Bertz CT molecular complexity index is 800. The number of benzene rings is 2. The maximum Gasteiger partial charge on any atom is 0.311 e. The summed E-state index contributed by atoms with van der Waals surface area (Å²) in [6, 6.07) is 15.8. The van der Waals surface area contributed by atoms with Gasteiger partial charge in [-0.15, -0.1) is 12.3 Å². The first-order valence-electron chi connectivity index (χ1n) is 12.2. The Balaban J connectivity index is 1.68. The van der Waals surface area contributed by atoms with E-state index in [2.05, 4.69) is 25.0 Å². The van der Waals surface area contributed by atoms with Gasteiger partial charge in [0.1, 0.15) is 11.5 Å². The van der Waals surface area contributed by atoms with Gasteiger partial charge in [0, 0.05) is 12.8 Å². The van der Waals surface area contributed by atoms with Crippen LogP contribution in [0.4, 0.5) is 0 Å². The molecule has 172 valence electrons. The highest BCUT2D eigenvalue weighted by atomic mass is 16.5. The van der Waals surface area contributed by atoms with E-state index < -0.39 is 0 Å². The molecule has 2 aromatic carbocycles. The second-order valence-corrected chi connectivity index (χ2v) is 8.26. The zero-order valence-electron chi connectivity index (χ0n) is 19.6. The molecule has 0 aliphatic rings. The van der Waals surface area contributed by atoms with Crippen molar-refractivity contribution < 1.29 is 14.3 Å². The molecular formula is C29H38O3. The Hall–Kier alpha value is -2.73. The number of terminal acetylenes is 1. The summed E-state index contributed by atoms with van der Waals surface area (Å²) in [6.45, 7) is 2.98. The van der Waals surface area contributed by atoms with Crippen LogP contribution in [0.2, 0.25) is 0 Å². The van der Waals surface area contributed by atoms with Crippen LogP contribution in [-0.4, -0.2) is 12.6 Å². The Morgan fingerprint density at radius 3 is 1.94 bits per heavy atom. The fourth-order valence-corrected chi connectivity index (χ4v) is 3.56. The minimum Gasteiger partial charge on any atom is -0.494 e. The summed E-state index contributed by atoms with van der Waals surface area (Å²) in [6.07, 6.45) is 17.9. The van der Waals surface area contributed by atoms with Crippen LogP contribution in [0.25, 0.3) is 11.1 Å². The van der Waals surface area contributed by atoms with E-state index >= 15 is 0 Å². The molecule has 0 atom stereocenters. The Kier molecular flexibility index (Phi) is 12.7. The lowest BCUT2D eigenvalue weighted by atomic mass is 10.1. The van der Waals surface area contributed by atoms with Crippen molar-refractivity contribution in [3.05, 3.63) is 48.5 Å². The van der Waals surface area contributed by atoms with Crippen LogP contribution in [0, 0.1) is 12.3 Å². The molecule has 0 saturated heterocycles. The van der Waals surface area contributed by atoms with Crippen molar-refractivity contribution in [1.82, 2.24) is 0 Å². The molecule has 0 bridgehead atoms. The van der Waals surface area contributed by atoms with Crippen molar-refractivity contribution in [1.29, 1.82) is 0 Å². The first-order valence-corrected chi connectivity index (χ1v) is 12.2. The van der Waals surface area contributed by atoms with Crippen LogP contribution in [0.1, 0.15) is 84.0 Å². The van der Waals surface area contributed by atoms with Gasteiger partial charge in [0.05, 0.1) is 6.61 Å². The van der Waals surface area contributed by atoms with Crippen molar-refractivity contribution >= 4 is 5.97 Å². The molecule has 0 heterocycles. The third-order valence-electron chi connectivity index (χ3n) is 5.49. The summed E-state index contributed by atoms with van der Waals surface area (Å²) < 4.78 is 11.3. The summed E-state index contributed by atoms with van der Waals surface area (Å²) in [7, 11) is 0. The van der Waals surface area contributed by atoms with E-state index in [1.54, 1.807) is 0 Å². The van der Waals surface area contributed by atoms with E-state index in [9.17, 15) is 4.79 Å². The zero-order valence-corrected chi connectivity index (χ0v) is 19.6. The molecule has 0 saturated carbocycles. The lowest BCUT2D eigenvalue weighted by molar-refractivity contribution is -0.134. The van der Waals surface area contributed by atoms with E-state index in [1.165, 1.54) is 32.1 Å². The average Bonchev–Trinajstić information content (AvgIpc) is 2.82. The molecule has 0 amide bonds. The SMILES string of the molecule is C#CCCCCCCCCC(=O)Oc1ccc(-c2ccc(OCCCCCC)cc2)cc1. The molecule has 2 aromatic rings. The standard InChI is InChI=1S/C29H38O3/c1-3-5-7-9-10-11-12-13-15-29(30)32-28-22-18-26(19-23-28)25-16-20-27(21-17-25)31-24-14-8-6-4-2/h1,16-23H,4-15,24H2,2H3. The van der Waals surface area contributed by atoms with Gasteiger partial charge in [0.2, 0.25) is 0 Å². The lowest BCUT2D eigenvalue weighted by Crippen LogP contribution is -2.07. The normalized spacial score (nSPS) is 10.5. The maximum absolute atomic E-state index is 12.1. The van der Waals surface area contributed by atoms with Gasteiger partial charge in [-0.05, 0) is 54.7 Å². The van der Waals surface area contributed by atoms with E-state index in [0.29, 0.717) is 12.2 Å². The third kappa shape index (κ3) is 10.5. The number of carbonyl (C=O) groups is 1. The van der Waals surface area contributed by atoms with E-state index in [-0.39, 0.29) is 5.97 Å². The van der Waals surface area contributed by atoms with Crippen molar-refractivity contribution in [2.24, 2.45) is 0 Å². The van der Waals surface area contributed by atoms with Crippen LogP contribution < -0.4 is 9.47 Å². The van der Waals surface area contributed by atoms with Crippen LogP contribution in [-0.2, 0) is 4.79 Å². The third-order valence-corrected chi connectivity index (χ3v) is 5.49. The molecule has 0 fully saturated rings. The van der Waals surface area contributed by atoms with Gasteiger partial charge in [-0.1, -0.05) is 76.1 Å². The maximum atomic E-state index is 12.1. The number of unbranched alkanes of at least 4 members (excludes halogenated alkanes) is 9. The predicted octanol–water partition coefficient (Wildman–Crippen LogP) is 7.97. The van der Waals surface area contributed by atoms with Crippen LogP contribution in [0.3, 0.4) is 0 Å². The van der Waals surface area contributed by atoms with Gasteiger partial charge < -0.3 is 9.47 Å². The average molecular weight is 435 g/mol. The number of hydrogen-bond acceptors (Lipinski definition) is 3. The quantitative estimate of drug-likeness (QED) is 0.116. The Morgan fingerprint density at radius 2 is 1.31 bits per heavy atom. The van der Waals surface area contributed by atoms with Crippen molar-refractivity contribution in [3.8, 4) is 35.0 Å². The summed E-state index contributed by atoms with van der Waals surface area (Å²) in [5.74, 6) is 4.01. The summed E-state index contributed by atoms with van der Waals surface area (Å²) in [5, 5.41) is 0. The minimum atomic E-state index is -0.162.